The summed E-state index contributed by atoms with van der Waals surface area (Å²) >= 11 is 6.13. The van der Waals surface area contributed by atoms with Crippen LogP contribution in [0.3, 0.4) is 0 Å². The number of hydrogen-bond acceptors (Lipinski definition) is 3. The van der Waals surface area contributed by atoms with Gasteiger partial charge in [-0.2, -0.15) is 0 Å². The van der Waals surface area contributed by atoms with Crippen LogP contribution < -0.4 is 0 Å². The van der Waals surface area contributed by atoms with Crippen molar-refractivity contribution in [3.8, 4) is 0 Å². The Morgan fingerprint density at radius 3 is 2.78 bits per heavy atom. The standard InChI is InChI=1S/C13H16ClN3O/c1-2-5-13-12(9-18)15-16-17(13)8-10-6-3-4-7-11(10)14/h3-4,6-7,18H,2,5,8-9H2,1H3. The molecule has 1 aromatic carbocycles. The van der Waals surface area contributed by atoms with Crippen LogP contribution in [-0.2, 0) is 19.6 Å². The largest absolute Gasteiger partial charge is 0.390 e. The summed E-state index contributed by atoms with van der Waals surface area (Å²) in [6, 6.07) is 7.68. The fourth-order valence-electron chi connectivity index (χ4n) is 1.92. The molecule has 4 nitrogen and oxygen atoms in total. The molecule has 0 amide bonds. The number of aliphatic hydroxyl groups is 1. The van der Waals surface area contributed by atoms with Crippen LogP contribution in [0.15, 0.2) is 24.3 Å². The number of nitrogens with zero attached hydrogens (tertiary/aromatic N) is 3. The molecule has 0 aliphatic carbocycles. The van der Waals surface area contributed by atoms with Gasteiger partial charge in [-0.05, 0) is 18.1 Å². The SMILES string of the molecule is CCCc1c(CO)nnn1Cc1ccccc1Cl. The molecule has 18 heavy (non-hydrogen) atoms. The van der Waals surface area contributed by atoms with Crippen LogP contribution in [-0.4, -0.2) is 20.1 Å². The van der Waals surface area contributed by atoms with Gasteiger partial charge >= 0.3 is 0 Å². The lowest BCUT2D eigenvalue weighted by molar-refractivity contribution is 0.275. The van der Waals surface area contributed by atoms with Crippen LogP contribution in [0.4, 0.5) is 0 Å². The van der Waals surface area contributed by atoms with E-state index in [-0.39, 0.29) is 6.61 Å². The number of aromatic nitrogens is 3. The normalized spacial score (nSPS) is 10.8. The monoisotopic (exact) mass is 265 g/mol. The van der Waals surface area contributed by atoms with E-state index in [1.54, 1.807) is 0 Å². The number of hydrogen-bond donors (Lipinski definition) is 1. The zero-order chi connectivity index (χ0) is 13.0. The van der Waals surface area contributed by atoms with Gasteiger partial charge in [-0.1, -0.05) is 48.4 Å². The lowest BCUT2D eigenvalue weighted by Crippen LogP contribution is -2.08. The summed E-state index contributed by atoms with van der Waals surface area (Å²) in [5.74, 6) is 0. The molecule has 0 aliphatic rings. The van der Waals surface area contributed by atoms with Gasteiger partial charge in [0.2, 0.25) is 0 Å². The average molecular weight is 266 g/mol. The van der Waals surface area contributed by atoms with Crippen molar-refractivity contribution in [2.75, 3.05) is 0 Å². The summed E-state index contributed by atoms with van der Waals surface area (Å²) in [7, 11) is 0. The maximum atomic E-state index is 9.24. The highest BCUT2D eigenvalue weighted by atomic mass is 35.5. The maximum Gasteiger partial charge on any atom is 0.111 e. The van der Waals surface area contributed by atoms with Crippen molar-refractivity contribution in [2.24, 2.45) is 0 Å². The van der Waals surface area contributed by atoms with E-state index in [0.717, 1.165) is 29.1 Å². The molecule has 0 fully saturated rings. The highest BCUT2D eigenvalue weighted by Gasteiger charge is 2.12. The molecule has 0 saturated heterocycles. The van der Waals surface area contributed by atoms with E-state index in [1.807, 2.05) is 28.9 Å². The molecular weight excluding hydrogens is 250 g/mol. The van der Waals surface area contributed by atoms with Gasteiger partial charge in [-0.3, -0.25) is 0 Å². The summed E-state index contributed by atoms with van der Waals surface area (Å²) in [4.78, 5) is 0. The fraction of sp³-hybridized carbons (Fsp3) is 0.385. The molecule has 0 saturated carbocycles. The molecular formula is C13H16ClN3O. The van der Waals surface area contributed by atoms with Gasteiger partial charge in [-0.25, -0.2) is 4.68 Å². The van der Waals surface area contributed by atoms with Crippen molar-refractivity contribution in [1.29, 1.82) is 0 Å². The summed E-state index contributed by atoms with van der Waals surface area (Å²) in [5, 5.41) is 18.0. The van der Waals surface area contributed by atoms with E-state index in [1.165, 1.54) is 0 Å². The van der Waals surface area contributed by atoms with Gasteiger partial charge in [-0.15, -0.1) is 5.10 Å². The van der Waals surface area contributed by atoms with Gasteiger partial charge in [0, 0.05) is 5.02 Å². The predicted octanol–water partition coefficient (Wildman–Crippen LogP) is 2.42. The van der Waals surface area contributed by atoms with E-state index in [0.29, 0.717) is 12.2 Å². The van der Waals surface area contributed by atoms with Gasteiger partial charge in [0.05, 0.1) is 18.8 Å². The Hall–Kier alpha value is -1.39. The van der Waals surface area contributed by atoms with Crippen molar-refractivity contribution < 1.29 is 5.11 Å². The zero-order valence-corrected chi connectivity index (χ0v) is 11.1. The Balaban J connectivity index is 2.29. The summed E-state index contributed by atoms with van der Waals surface area (Å²) in [6.07, 6.45) is 1.84. The first kappa shape index (κ1) is 13.1. The molecule has 0 spiro atoms. The minimum atomic E-state index is -0.0716. The minimum absolute atomic E-state index is 0.0716. The molecule has 1 N–H and O–H groups in total. The molecule has 0 bridgehead atoms. The molecule has 2 aromatic rings. The van der Waals surface area contributed by atoms with Gasteiger partial charge in [0.25, 0.3) is 0 Å². The number of aliphatic hydroxyl groups excluding tert-OH is 1. The van der Waals surface area contributed by atoms with Crippen molar-refractivity contribution in [3.05, 3.63) is 46.2 Å². The Kier molecular flexibility index (Phi) is 4.33. The zero-order valence-electron chi connectivity index (χ0n) is 10.3. The third kappa shape index (κ3) is 2.71. The van der Waals surface area contributed by atoms with Crippen molar-refractivity contribution in [2.45, 2.75) is 32.9 Å². The number of halogens is 1. The van der Waals surface area contributed by atoms with Crippen molar-refractivity contribution in [1.82, 2.24) is 15.0 Å². The molecule has 0 atom stereocenters. The Labute approximate surface area is 111 Å². The summed E-state index contributed by atoms with van der Waals surface area (Å²) in [5.41, 5.74) is 2.65. The molecule has 0 aliphatic heterocycles. The summed E-state index contributed by atoms with van der Waals surface area (Å²) < 4.78 is 1.82. The van der Waals surface area contributed by atoms with E-state index in [4.69, 9.17) is 11.6 Å². The molecule has 5 heteroatoms. The molecule has 2 rings (SSSR count). The third-order valence-electron chi connectivity index (χ3n) is 2.83. The molecule has 1 heterocycles. The van der Waals surface area contributed by atoms with Crippen molar-refractivity contribution in [3.63, 3.8) is 0 Å². The van der Waals surface area contributed by atoms with Gasteiger partial charge in [0.15, 0.2) is 0 Å². The van der Waals surface area contributed by atoms with E-state index in [2.05, 4.69) is 17.2 Å². The second-order valence-corrected chi connectivity index (χ2v) is 4.55. The van der Waals surface area contributed by atoms with Gasteiger partial charge in [0.1, 0.15) is 5.69 Å². The number of benzene rings is 1. The first-order valence-electron chi connectivity index (χ1n) is 6.01. The highest BCUT2D eigenvalue weighted by molar-refractivity contribution is 6.31. The highest BCUT2D eigenvalue weighted by Crippen LogP contribution is 2.18. The van der Waals surface area contributed by atoms with Gasteiger partial charge < -0.3 is 5.11 Å². The Morgan fingerprint density at radius 1 is 1.33 bits per heavy atom. The molecule has 96 valence electrons. The first-order valence-corrected chi connectivity index (χ1v) is 6.39. The second kappa shape index (κ2) is 5.98. The topological polar surface area (TPSA) is 50.9 Å². The van der Waals surface area contributed by atoms with Crippen LogP contribution >= 0.6 is 11.6 Å². The molecule has 0 radical (unpaired) electrons. The van der Waals surface area contributed by atoms with E-state index < -0.39 is 0 Å². The van der Waals surface area contributed by atoms with Crippen LogP contribution in [0, 0.1) is 0 Å². The Morgan fingerprint density at radius 2 is 2.11 bits per heavy atom. The molecule has 1 aromatic heterocycles. The maximum absolute atomic E-state index is 9.24. The number of rotatable bonds is 5. The van der Waals surface area contributed by atoms with Crippen molar-refractivity contribution >= 4 is 11.6 Å². The first-order chi connectivity index (χ1) is 8.76. The third-order valence-corrected chi connectivity index (χ3v) is 3.20. The quantitative estimate of drug-likeness (QED) is 0.903. The minimum Gasteiger partial charge on any atom is -0.390 e. The van der Waals surface area contributed by atoms with Crippen LogP contribution in [0.25, 0.3) is 0 Å². The second-order valence-electron chi connectivity index (χ2n) is 4.14. The predicted molar refractivity (Wildman–Crippen MR) is 70.5 cm³/mol. The fourth-order valence-corrected chi connectivity index (χ4v) is 2.11. The Bertz CT molecular complexity index is 525. The van der Waals surface area contributed by atoms with Crippen LogP contribution in [0.5, 0.6) is 0 Å². The average Bonchev–Trinajstić information content (AvgIpc) is 2.75. The van der Waals surface area contributed by atoms with Crippen LogP contribution in [0.1, 0.15) is 30.3 Å². The smallest absolute Gasteiger partial charge is 0.111 e. The van der Waals surface area contributed by atoms with E-state index >= 15 is 0 Å². The lowest BCUT2D eigenvalue weighted by atomic mass is 10.2. The lowest BCUT2D eigenvalue weighted by Gasteiger charge is -2.08. The summed E-state index contributed by atoms with van der Waals surface area (Å²) in [6.45, 7) is 2.61. The van der Waals surface area contributed by atoms with Crippen LogP contribution in [0.2, 0.25) is 5.02 Å². The van der Waals surface area contributed by atoms with E-state index in [9.17, 15) is 5.11 Å². The molecule has 0 unspecified atom stereocenters.